The molecule has 0 aromatic heterocycles. The summed E-state index contributed by atoms with van der Waals surface area (Å²) < 4.78 is 0. The molecule has 0 aliphatic carbocycles. The second-order valence-corrected chi connectivity index (χ2v) is 5.99. The van der Waals surface area contributed by atoms with Crippen LogP contribution in [0.3, 0.4) is 0 Å². The molecule has 2 aliphatic heterocycles. The van der Waals surface area contributed by atoms with Crippen LogP contribution in [0.4, 0.5) is 0 Å². The zero-order valence-corrected chi connectivity index (χ0v) is 12.3. The zero-order chi connectivity index (χ0) is 13.5. The van der Waals surface area contributed by atoms with Gasteiger partial charge in [-0.3, -0.25) is 9.69 Å². The topological polar surface area (TPSA) is 44.4 Å². The van der Waals surface area contributed by atoms with Crippen LogP contribution in [0.1, 0.15) is 51.9 Å². The molecule has 2 heterocycles. The number of nitrogens with zero attached hydrogens (tertiary/aromatic N) is 1. The summed E-state index contributed by atoms with van der Waals surface area (Å²) in [5.41, 5.74) is 0. The SMILES string of the molecule is CCCCN(CC1CCCN1)C1CCCNC(=O)C1. The lowest BCUT2D eigenvalue weighted by Gasteiger charge is -2.32. The number of hydrogen-bond donors (Lipinski definition) is 2. The second kappa shape index (κ2) is 7.85. The van der Waals surface area contributed by atoms with Gasteiger partial charge >= 0.3 is 0 Å². The second-order valence-electron chi connectivity index (χ2n) is 5.99. The fourth-order valence-corrected chi connectivity index (χ4v) is 3.25. The molecule has 19 heavy (non-hydrogen) atoms. The fourth-order valence-electron chi connectivity index (χ4n) is 3.25. The van der Waals surface area contributed by atoms with E-state index < -0.39 is 0 Å². The van der Waals surface area contributed by atoms with E-state index in [2.05, 4.69) is 22.5 Å². The van der Waals surface area contributed by atoms with Crippen LogP contribution in [0.25, 0.3) is 0 Å². The van der Waals surface area contributed by atoms with Gasteiger partial charge in [-0.1, -0.05) is 13.3 Å². The van der Waals surface area contributed by atoms with Crippen LogP contribution in [0.15, 0.2) is 0 Å². The van der Waals surface area contributed by atoms with Gasteiger partial charge in [-0.2, -0.15) is 0 Å². The summed E-state index contributed by atoms with van der Waals surface area (Å²) in [6.45, 7) is 6.53. The number of unbranched alkanes of at least 4 members (excludes halogenated alkanes) is 1. The van der Waals surface area contributed by atoms with Crippen LogP contribution in [-0.4, -0.2) is 49.1 Å². The number of rotatable bonds is 6. The molecule has 0 bridgehead atoms. The Morgan fingerprint density at radius 2 is 2.11 bits per heavy atom. The Kier molecular flexibility index (Phi) is 6.11. The average molecular weight is 267 g/mol. The molecule has 2 saturated heterocycles. The van der Waals surface area contributed by atoms with Crippen LogP contribution in [0.5, 0.6) is 0 Å². The molecule has 0 aromatic carbocycles. The Hall–Kier alpha value is -0.610. The molecular weight excluding hydrogens is 238 g/mol. The minimum Gasteiger partial charge on any atom is -0.356 e. The Morgan fingerprint density at radius 1 is 1.26 bits per heavy atom. The number of amides is 1. The Labute approximate surface area is 117 Å². The average Bonchev–Trinajstić information content (AvgIpc) is 2.82. The Balaban J connectivity index is 1.91. The number of nitrogens with one attached hydrogen (secondary N) is 2. The highest BCUT2D eigenvalue weighted by atomic mass is 16.1. The molecule has 2 N–H and O–H groups in total. The molecule has 2 rings (SSSR count). The standard InChI is InChI=1S/C15H29N3O/c1-2-3-10-18(12-13-6-4-8-16-13)14-7-5-9-17-15(19)11-14/h13-14,16H,2-12H2,1H3,(H,17,19). The molecule has 1 amide bonds. The van der Waals surface area contributed by atoms with E-state index in [1.54, 1.807) is 0 Å². The van der Waals surface area contributed by atoms with E-state index in [-0.39, 0.29) is 5.91 Å². The smallest absolute Gasteiger partial charge is 0.221 e. The highest BCUT2D eigenvalue weighted by Crippen LogP contribution is 2.17. The van der Waals surface area contributed by atoms with E-state index >= 15 is 0 Å². The lowest BCUT2D eigenvalue weighted by atomic mass is 10.0. The third kappa shape index (κ3) is 4.77. The summed E-state index contributed by atoms with van der Waals surface area (Å²) in [4.78, 5) is 14.3. The minimum absolute atomic E-state index is 0.239. The van der Waals surface area contributed by atoms with Crippen molar-refractivity contribution < 1.29 is 4.79 Å². The van der Waals surface area contributed by atoms with Crippen LogP contribution < -0.4 is 10.6 Å². The van der Waals surface area contributed by atoms with Crippen molar-refractivity contribution in [2.24, 2.45) is 0 Å². The van der Waals surface area contributed by atoms with Crippen molar-refractivity contribution in [1.29, 1.82) is 0 Å². The summed E-state index contributed by atoms with van der Waals surface area (Å²) in [5, 5.41) is 6.59. The van der Waals surface area contributed by atoms with Gasteiger partial charge in [0.05, 0.1) is 0 Å². The first-order chi connectivity index (χ1) is 9.29. The van der Waals surface area contributed by atoms with Gasteiger partial charge in [0.1, 0.15) is 0 Å². The number of carbonyl (C=O) groups excluding carboxylic acids is 1. The fraction of sp³-hybridized carbons (Fsp3) is 0.933. The van der Waals surface area contributed by atoms with E-state index in [1.807, 2.05) is 0 Å². The Bertz CT molecular complexity index is 277. The predicted octanol–water partition coefficient (Wildman–Crippen LogP) is 1.51. The molecule has 4 heteroatoms. The third-order valence-electron chi connectivity index (χ3n) is 4.39. The molecule has 0 aromatic rings. The molecule has 0 spiro atoms. The monoisotopic (exact) mass is 267 g/mol. The van der Waals surface area contributed by atoms with E-state index in [0.717, 1.165) is 39.0 Å². The molecule has 0 saturated carbocycles. The Morgan fingerprint density at radius 3 is 2.84 bits per heavy atom. The van der Waals surface area contributed by atoms with Gasteiger partial charge in [-0.05, 0) is 45.2 Å². The number of carbonyl (C=O) groups is 1. The molecule has 2 aliphatic rings. The zero-order valence-electron chi connectivity index (χ0n) is 12.3. The van der Waals surface area contributed by atoms with E-state index in [9.17, 15) is 4.79 Å². The maximum absolute atomic E-state index is 11.8. The highest BCUT2D eigenvalue weighted by Gasteiger charge is 2.26. The van der Waals surface area contributed by atoms with Crippen molar-refractivity contribution in [2.45, 2.75) is 64.0 Å². The van der Waals surface area contributed by atoms with E-state index in [0.29, 0.717) is 18.5 Å². The molecular formula is C15H29N3O. The lowest BCUT2D eigenvalue weighted by molar-refractivity contribution is -0.121. The van der Waals surface area contributed by atoms with Gasteiger partial charge in [0.15, 0.2) is 0 Å². The van der Waals surface area contributed by atoms with Gasteiger partial charge in [0, 0.05) is 31.6 Å². The van der Waals surface area contributed by atoms with Gasteiger partial charge < -0.3 is 10.6 Å². The first-order valence-corrected chi connectivity index (χ1v) is 8.03. The summed E-state index contributed by atoms with van der Waals surface area (Å²) in [5.74, 6) is 0.239. The van der Waals surface area contributed by atoms with Crippen LogP contribution >= 0.6 is 0 Å². The largest absolute Gasteiger partial charge is 0.356 e. The van der Waals surface area contributed by atoms with Crippen LogP contribution in [-0.2, 0) is 4.79 Å². The first-order valence-electron chi connectivity index (χ1n) is 8.03. The van der Waals surface area contributed by atoms with Crippen LogP contribution in [0.2, 0.25) is 0 Å². The van der Waals surface area contributed by atoms with Gasteiger partial charge in [-0.15, -0.1) is 0 Å². The summed E-state index contributed by atoms with van der Waals surface area (Å²) in [7, 11) is 0. The number of hydrogen-bond acceptors (Lipinski definition) is 3. The van der Waals surface area contributed by atoms with Crippen molar-refractivity contribution in [3.63, 3.8) is 0 Å². The van der Waals surface area contributed by atoms with Crippen LogP contribution in [0, 0.1) is 0 Å². The summed E-state index contributed by atoms with van der Waals surface area (Å²) in [6, 6.07) is 1.10. The van der Waals surface area contributed by atoms with Crippen molar-refractivity contribution in [3.05, 3.63) is 0 Å². The van der Waals surface area contributed by atoms with E-state index in [1.165, 1.54) is 25.7 Å². The lowest BCUT2D eigenvalue weighted by Crippen LogP contribution is -2.44. The third-order valence-corrected chi connectivity index (χ3v) is 4.39. The normalized spacial score (nSPS) is 28.4. The quantitative estimate of drug-likeness (QED) is 0.767. The molecule has 2 atom stereocenters. The van der Waals surface area contributed by atoms with Gasteiger partial charge in [0.25, 0.3) is 0 Å². The molecule has 110 valence electrons. The minimum atomic E-state index is 0.239. The maximum Gasteiger partial charge on any atom is 0.221 e. The first kappa shape index (κ1) is 14.8. The van der Waals surface area contributed by atoms with Crippen molar-refractivity contribution in [2.75, 3.05) is 26.2 Å². The molecule has 2 unspecified atom stereocenters. The van der Waals surface area contributed by atoms with Gasteiger partial charge in [0.2, 0.25) is 5.91 Å². The molecule has 4 nitrogen and oxygen atoms in total. The predicted molar refractivity (Wildman–Crippen MR) is 78.2 cm³/mol. The van der Waals surface area contributed by atoms with E-state index in [4.69, 9.17) is 0 Å². The highest BCUT2D eigenvalue weighted by molar-refractivity contribution is 5.76. The van der Waals surface area contributed by atoms with Crippen molar-refractivity contribution in [1.82, 2.24) is 15.5 Å². The van der Waals surface area contributed by atoms with Crippen molar-refractivity contribution >= 4 is 5.91 Å². The van der Waals surface area contributed by atoms with Crippen molar-refractivity contribution in [3.8, 4) is 0 Å². The molecule has 0 radical (unpaired) electrons. The summed E-state index contributed by atoms with van der Waals surface area (Å²) >= 11 is 0. The molecule has 2 fully saturated rings. The van der Waals surface area contributed by atoms with Gasteiger partial charge in [-0.25, -0.2) is 0 Å². The maximum atomic E-state index is 11.8. The summed E-state index contributed by atoms with van der Waals surface area (Å²) in [6.07, 6.45) is 8.04.